The third-order valence-electron chi connectivity index (χ3n) is 4.49. The van der Waals surface area contributed by atoms with Crippen molar-refractivity contribution < 1.29 is 9.90 Å². The average molecular weight is 288 g/mol. The van der Waals surface area contributed by atoms with Gasteiger partial charge in [-0.3, -0.25) is 4.79 Å². The van der Waals surface area contributed by atoms with Gasteiger partial charge in [0.1, 0.15) is 11.0 Å². The van der Waals surface area contributed by atoms with E-state index in [9.17, 15) is 9.90 Å². The van der Waals surface area contributed by atoms with E-state index in [1.165, 1.54) is 0 Å². The van der Waals surface area contributed by atoms with E-state index in [0.29, 0.717) is 17.0 Å². The van der Waals surface area contributed by atoms with Crippen LogP contribution in [0, 0.1) is 5.92 Å². The van der Waals surface area contributed by atoms with Crippen molar-refractivity contribution in [3.63, 3.8) is 0 Å². The Balaban J connectivity index is 1.77. The Morgan fingerprint density at radius 3 is 2.81 bits per heavy atom. The van der Waals surface area contributed by atoms with Gasteiger partial charge in [0.15, 0.2) is 0 Å². The van der Waals surface area contributed by atoms with Crippen LogP contribution in [0.3, 0.4) is 0 Å². The zero-order valence-corrected chi connectivity index (χ0v) is 12.1. The largest absolute Gasteiger partial charge is 0.394 e. The molecule has 2 aromatic rings. The number of aromatic nitrogens is 3. The molecule has 0 saturated heterocycles. The van der Waals surface area contributed by atoms with Crippen molar-refractivity contribution in [3.05, 3.63) is 23.8 Å². The summed E-state index contributed by atoms with van der Waals surface area (Å²) in [5.41, 5.74) is 1.46. The Bertz CT molecular complexity index is 644. The van der Waals surface area contributed by atoms with E-state index in [2.05, 4.69) is 27.7 Å². The maximum atomic E-state index is 12.4. The fraction of sp³-hybridized carbons (Fsp3) is 0.533. The molecule has 0 atom stereocenters. The number of hydrogen-bond donors (Lipinski definition) is 3. The summed E-state index contributed by atoms with van der Waals surface area (Å²) >= 11 is 0. The summed E-state index contributed by atoms with van der Waals surface area (Å²) in [6.07, 6.45) is 3.71. The second-order valence-electron chi connectivity index (χ2n) is 6.10. The van der Waals surface area contributed by atoms with E-state index < -0.39 is 5.54 Å². The Morgan fingerprint density at radius 1 is 1.38 bits per heavy atom. The summed E-state index contributed by atoms with van der Waals surface area (Å²) < 4.78 is 0. The molecule has 0 spiro atoms. The SMILES string of the molecule is CC1CCC(CO)(NC(=O)c2ccc3n[nH]nc3c2)CC1. The Morgan fingerprint density at radius 2 is 2.10 bits per heavy atom. The van der Waals surface area contributed by atoms with Crippen LogP contribution < -0.4 is 5.32 Å². The average Bonchev–Trinajstić information content (AvgIpc) is 2.97. The molecule has 0 unspecified atom stereocenters. The maximum Gasteiger partial charge on any atom is 0.251 e. The number of rotatable bonds is 3. The predicted octanol–water partition coefficient (Wildman–Crippen LogP) is 1.63. The molecule has 0 bridgehead atoms. The molecule has 1 aromatic heterocycles. The van der Waals surface area contributed by atoms with Crippen molar-refractivity contribution in [3.8, 4) is 0 Å². The summed E-state index contributed by atoms with van der Waals surface area (Å²) in [4.78, 5) is 12.4. The molecule has 6 nitrogen and oxygen atoms in total. The number of benzene rings is 1. The highest BCUT2D eigenvalue weighted by Crippen LogP contribution is 2.31. The predicted molar refractivity (Wildman–Crippen MR) is 78.8 cm³/mol. The summed E-state index contributed by atoms with van der Waals surface area (Å²) in [6.45, 7) is 2.19. The van der Waals surface area contributed by atoms with Crippen molar-refractivity contribution in [2.75, 3.05) is 6.61 Å². The normalized spacial score (nSPS) is 25.9. The van der Waals surface area contributed by atoms with Gasteiger partial charge in [-0.1, -0.05) is 6.92 Å². The number of aliphatic hydroxyl groups is 1. The van der Waals surface area contributed by atoms with Gasteiger partial charge in [-0.25, -0.2) is 0 Å². The maximum absolute atomic E-state index is 12.4. The minimum absolute atomic E-state index is 0.0162. The highest BCUT2D eigenvalue weighted by atomic mass is 16.3. The van der Waals surface area contributed by atoms with Crippen molar-refractivity contribution >= 4 is 16.9 Å². The first-order valence-electron chi connectivity index (χ1n) is 7.36. The zero-order chi connectivity index (χ0) is 14.9. The van der Waals surface area contributed by atoms with Crippen molar-refractivity contribution in [1.29, 1.82) is 0 Å². The monoisotopic (exact) mass is 288 g/mol. The molecule has 1 amide bonds. The zero-order valence-electron chi connectivity index (χ0n) is 12.1. The van der Waals surface area contributed by atoms with Crippen LogP contribution in [0.15, 0.2) is 18.2 Å². The van der Waals surface area contributed by atoms with Crippen LogP contribution in [-0.4, -0.2) is 38.6 Å². The van der Waals surface area contributed by atoms with Crippen LogP contribution in [0.2, 0.25) is 0 Å². The topological polar surface area (TPSA) is 90.9 Å². The standard InChI is InChI=1S/C15H20N4O2/c1-10-4-6-15(9-20,7-5-10)16-14(21)11-2-3-12-13(8-11)18-19-17-12/h2-3,8,10,20H,4-7,9H2,1H3,(H,16,21)(H,17,18,19). The fourth-order valence-electron chi connectivity index (χ4n) is 2.93. The van der Waals surface area contributed by atoms with Crippen LogP contribution in [-0.2, 0) is 0 Å². The summed E-state index contributed by atoms with van der Waals surface area (Å²) in [6, 6.07) is 5.21. The van der Waals surface area contributed by atoms with Crippen LogP contribution in [0.25, 0.3) is 11.0 Å². The van der Waals surface area contributed by atoms with E-state index >= 15 is 0 Å². The van der Waals surface area contributed by atoms with Gasteiger partial charge in [0.05, 0.1) is 12.1 Å². The van der Waals surface area contributed by atoms with Gasteiger partial charge in [-0.05, 0) is 49.8 Å². The van der Waals surface area contributed by atoms with E-state index in [0.717, 1.165) is 31.2 Å². The van der Waals surface area contributed by atoms with Gasteiger partial charge in [-0.2, -0.15) is 15.4 Å². The quantitative estimate of drug-likeness (QED) is 0.800. The number of H-pyrrole nitrogens is 1. The van der Waals surface area contributed by atoms with E-state index in [1.807, 2.05) is 0 Å². The second kappa shape index (κ2) is 5.44. The lowest BCUT2D eigenvalue weighted by Crippen LogP contribution is -2.53. The van der Waals surface area contributed by atoms with Gasteiger partial charge < -0.3 is 10.4 Å². The first-order valence-corrected chi connectivity index (χ1v) is 7.36. The first-order chi connectivity index (χ1) is 10.1. The highest BCUT2D eigenvalue weighted by molar-refractivity contribution is 5.97. The van der Waals surface area contributed by atoms with E-state index in [1.54, 1.807) is 18.2 Å². The summed E-state index contributed by atoms with van der Waals surface area (Å²) in [5.74, 6) is 0.497. The van der Waals surface area contributed by atoms with Crippen LogP contribution in [0.4, 0.5) is 0 Å². The van der Waals surface area contributed by atoms with Gasteiger partial charge in [0, 0.05) is 5.56 Å². The van der Waals surface area contributed by atoms with Crippen LogP contribution in [0.5, 0.6) is 0 Å². The fourth-order valence-corrected chi connectivity index (χ4v) is 2.93. The van der Waals surface area contributed by atoms with Gasteiger partial charge in [0.25, 0.3) is 5.91 Å². The molecule has 112 valence electrons. The number of nitrogens with one attached hydrogen (secondary N) is 2. The number of aromatic amines is 1. The minimum Gasteiger partial charge on any atom is -0.394 e. The molecular weight excluding hydrogens is 268 g/mol. The first kappa shape index (κ1) is 14.0. The van der Waals surface area contributed by atoms with Crippen molar-refractivity contribution in [1.82, 2.24) is 20.7 Å². The Labute approximate surface area is 122 Å². The number of nitrogens with zero attached hydrogens (tertiary/aromatic N) is 2. The highest BCUT2D eigenvalue weighted by Gasteiger charge is 2.35. The Kier molecular flexibility index (Phi) is 3.63. The molecule has 3 N–H and O–H groups in total. The molecule has 0 radical (unpaired) electrons. The third kappa shape index (κ3) is 2.76. The van der Waals surface area contributed by atoms with Crippen molar-refractivity contribution in [2.24, 2.45) is 5.92 Å². The Hall–Kier alpha value is -1.95. The molecule has 3 rings (SSSR count). The molecule has 0 aliphatic heterocycles. The number of hydrogen-bond acceptors (Lipinski definition) is 4. The number of fused-ring (bicyclic) bond motifs is 1. The molecule has 21 heavy (non-hydrogen) atoms. The summed E-state index contributed by atoms with van der Waals surface area (Å²) in [5, 5.41) is 23.2. The minimum atomic E-state index is -0.484. The van der Waals surface area contributed by atoms with Gasteiger partial charge >= 0.3 is 0 Å². The molecule has 1 heterocycles. The van der Waals surface area contributed by atoms with Crippen LogP contribution in [0.1, 0.15) is 43.0 Å². The van der Waals surface area contributed by atoms with E-state index in [-0.39, 0.29) is 12.5 Å². The number of amides is 1. The molecular formula is C15H20N4O2. The van der Waals surface area contributed by atoms with Crippen molar-refractivity contribution in [2.45, 2.75) is 38.1 Å². The van der Waals surface area contributed by atoms with Gasteiger partial charge in [0.2, 0.25) is 0 Å². The summed E-state index contributed by atoms with van der Waals surface area (Å²) in [7, 11) is 0. The lowest BCUT2D eigenvalue weighted by atomic mass is 9.77. The lowest BCUT2D eigenvalue weighted by molar-refractivity contribution is 0.0717. The van der Waals surface area contributed by atoms with Gasteiger partial charge in [-0.15, -0.1) is 0 Å². The van der Waals surface area contributed by atoms with E-state index in [4.69, 9.17) is 0 Å². The second-order valence-corrected chi connectivity index (χ2v) is 6.10. The lowest BCUT2D eigenvalue weighted by Gasteiger charge is -2.38. The molecule has 1 saturated carbocycles. The smallest absolute Gasteiger partial charge is 0.251 e. The molecule has 1 aromatic carbocycles. The number of aliphatic hydroxyl groups excluding tert-OH is 1. The molecule has 1 fully saturated rings. The number of carbonyl (C=O) groups is 1. The molecule has 1 aliphatic carbocycles. The number of carbonyl (C=O) groups excluding carboxylic acids is 1. The third-order valence-corrected chi connectivity index (χ3v) is 4.49. The molecule has 6 heteroatoms. The molecule has 1 aliphatic rings. The van der Waals surface area contributed by atoms with Crippen LogP contribution >= 0.6 is 0 Å².